The van der Waals surface area contributed by atoms with Crippen LogP contribution in [0.4, 0.5) is 5.82 Å². The Morgan fingerprint density at radius 3 is 3.19 bits per heavy atom. The Kier molecular flexibility index (Phi) is 4.05. The minimum atomic E-state index is 0.225. The minimum Gasteiger partial charge on any atom is -0.377 e. The molecule has 2 heterocycles. The van der Waals surface area contributed by atoms with Crippen molar-refractivity contribution in [2.24, 2.45) is 0 Å². The van der Waals surface area contributed by atoms with E-state index in [1.54, 1.807) is 0 Å². The normalized spacial score (nSPS) is 21.2. The summed E-state index contributed by atoms with van der Waals surface area (Å²) in [5, 5.41) is 0. The predicted octanol–water partition coefficient (Wildman–Crippen LogP) is 2.60. The van der Waals surface area contributed by atoms with E-state index in [-0.39, 0.29) is 6.04 Å². The van der Waals surface area contributed by atoms with E-state index in [4.69, 9.17) is 16.3 Å². The molecule has 0 saturated carbocycles. The van der Waals surface area contributed by atoms with Crippen molar-refractivity contribution < 1.29 is 4.74 Å². The van der Waals surface area contributed by atoms with Gasteiger partial charge in [0.15, 0.2) is 0 Å². The number of hydrogen-bond acceptors (Lipinski definition) is 3. The number of aromatic nitrogens is 1. The lowest BCUT2D eigenvalue weighted by Gasteiger charge is -2.36. The van der Waals surface area contributed by atoms with Gasteiger partial charge in [0.1, 0.15) is 5.82 Å². The van der Waals surface area contributed by atoms with Crippen molar-refractivity contribution in [1.82, 2.24) is 4.98 Å². The topological polar surface area (TPSA) is 25.4 Å². The average molecular weight is 306 g/mol. The van der Waals surface area contributed by atoms with Gasteiger partial charge in [-0.1, -0.05) is 0 Å². The standard InChI is InChI=1S/C11H14BrClN2O/c1-8-4-9(12)6-14-11(8)15-2-3-16-7-10(15)5-13/h4,6,10H,2-3,5,7H2,1H3. The zero-order valence-corrected chi connectivity index (χ0v) is 11.5. The number of ether oxygens (including phenoxy) is 1. The lowest BCUT2D eigenvalue weighted by molar-refractivity contribution is 0.0993. The van der Waals surface area contributed by atoms with Gasteiger partial charge in [0.05, 0.1) is 19.3 Å². The number of alkyl halides is 1. The molecule has 0 aliphatic carbocycles. The number of anilines is 1. The van der Waals surface area contributed by atoms with Crippen LogP contribution in [0.2, 0.25) is 0 Å². The largest absolute Gasteiger partial charge is 0.377 e. The second-order valence-corrected chi connectivity index (χ2v) is 5.09. The molecule has 0 bridgehead atoms. The number of halogens is 2. The van der Waals surface area contributed by atoms with E-state index in [0.29, 0.717) is 12.5 Å². The van der Waals surface area contributed by atoms with Gasteiger partial charge in [0.2, 0.25) is 0 Å². The maximum atomic E-state index is 5.95. The second kappa shape index (κ2) is 5.34. The van der Waals surface area contributed by atoms with Crippen molar-refractivity contribution >= 4 is 33.3 Å². The van der Waals surface area contributed by atoms with Gasteiger partial charge in [-0.25, -0.2) is 4.98 Å². The highest BCUT2D eigenvalue weighted by molar-refractivity contribution is 9.10. The fourth-order valence-electron chi connectivity index (χ4n) is 1.90. The number of pyridine rings is 1. The molecule has 1 fully saturated rings. The van der Waals surface area contributed by atoms with E-state index < -0.39 is 0 Å². The van der Waals surface area contributed by atoms with Crippen molar-refractivity contribution in [3.05, 3.63) is 22.3 Å². The van der Waals surface area contributed by atoms with Gasteiger partial charge in [-0.2, -0.15) is 0 Å². The van der Waals surface area contributed by atoms with Gasteiger partial charge < -0.3 is 9.64 Å². The molecule has 0 amide bonds. The first-order valence-corrected chi connectivity index (χ1v) is 6.57. The van der Waals surface area contributed by atoms with E-state index in [9.17, 15) is 0 Å². The third-order valence-corrected chi connectivity index (χ3v) is 3.48. The maximum absolute atomic E-state index is 5.95. The van der Waals surface area contributed by atoms with Crippen LogP contribution in [-0.4, -0.2) is 36.7 Å². The summed E-state index contributed by atoms with van der Waals surface area (Å²) >= 11 is 9.37. The maximum Gasteiger partial charge on any atom is 0.131 e. The Balaban J connectivity index is 2.27. The van der Waals surface area contributed by atoms with Gasteiger partial charge in [0, 0.05) is 23.1 Å². The van der Waals surface area contributed by atoms with Crippen LogP contribution < -0.4 is 4.90 Å². The summed E-state index contributed by atoms with van der Waals surface area (Å²) in [6.45, 7) is 4.34. The van der Waals surface area contributed by atoms with Crippen LogP contribution in [-0.2, 0) is 4.74 Å². The summed E-state index contributed by atoms with van der Waals surface area (Å²) in [5.41, 5.74) is 1.16. The summed E-state index contributed by atoms with van der Waals surface area (Å²) in [6, 6.07) is 2.30. The zero-order valence-electron chi connectivity index (χ0n) is 9.12. The Hall–Kier alpha value is -0.320. The molecule has 1 atom stereocenters. The molecule has 88 valence electrons. The summed E-state index contributed by atoms with van der Waals surface area (Å²) in [6.07, 6.45) is 1.82. The van der Waals surface area contributed by atoms with Crippen molar-refractivity contribution in [1.29, 1.82) is 0 Å². The van der Waals surface area contributed by atoms with Crippen LogP contribution in [0.15, 0.2) is 16.7 Å². The molecule has 1 aliphatic rings. The highest BCUT2D eigenvalue weighted by atomic mass is 79.9. The number of nitrogens with zero attached hydrogens (tertiary/aromatic N) is 2. The van der Waals surface area contributed by atoms with Crippen LogP contribution in [0.5, 0.6) is 0 Å². The molecule has 0 radical (unpaired) electrons. The third-order valence-electron chi connectivity index (χ3n) is 2.69. The fourth-order valence-corrected chi connectivity index (χ4v) is 2.60. The predicted molar refractivity (Wildman–Crippen MR) is 69.3 cm³/mol. The van der Waals surface area contributed by atoms with Crippen molar-refractivity contribution in [3.8, 4) is 0 Å². The highest BCUT2D eigenvalue weighted by Gasteiger charge is 2.24. The van der Waals surface area contributed by atoms with Crippen LogP contribution in [0, 0.1) is 6.92 Å². The Morgan fingerprint density at radius 2 is 2.50 bits per heavy atom. The van der Waals surface area contributed by atoms with Crippen molar-refractivity contribution in [3.63, 3.8) is 0 Å². The molecule has 5 heteroatoms. The molecule has 1 aliphatic heterocycles. The number of morpholine rings is 1. The molecule has 0 aromatic carbocycles. The van der Waals surface area contributed by atoms with Gasteiger partial charge in [-0.3, -0.25) is 0 Å². The van der Waals surface area contributed by atoms with E-state index in [0.717, 1.165) is 29.0 Å². The van der Waals surface area contributed by atoms with Crippen LogP contribution in [0.1, 0.15) is 5.56 Å². The van der Waals surface area contributed by atoms with Gasteiger partial charge in [-0.05, 0) is 34.5 Å². The van der Waals surface area contributed by atoms with E-state index in [1.807, 2.05) is 6.20 Å². The Morgan fingerprint density at radius 1 is 1.69 bits per heavy atom. The van der Waals surface area contributed by atoms with Crippen LogP contribution in [0.25, 0.3) is 0 Å². The molecule has 16 heavy (non-hydrogen) atoms. The molecular weight excluding hydrogens is 291 g/mol. The first-order chi connectivity index (χ1) is 7.72. The molecule has 1 unspecified atom stereocenters. The van der Waals surface area contributed by atoms with Crippen molar-refractivity contribution in [2.75, 3.05) is 30.5 Å². The molecule has 2 rings (SSSR count). The van der Waals surface area contributed by atoms with Gasteiger partial charge >= 0.3 is 0 Å². The second-order valence-electron chi connectivity index (χ2n) is 3.87. The Labute approximate surface area is 109 Å². The number of rotatable bonds is 2. The Bertz CT molecular complexity index is 375. The summed E-state index contributed by atoms with van der Waals surface area (Å²) in [4.78, 5) is 6.70. The van der Waals surface area contributed by atoms with Crippen LogP contribution in [0.3, 0.4) is 0 Å². The number of aryl methyl sites for hydroxylation is 1. The smallest absolute Gasteiger partial charge is 0.131 e. The van der Waals surface area contributed by atoms with E-state index >= 15 is 0 Å². The van der Waals surface area contributed by atoms with Gasteiger partial charge in [0.25, 0.3) is 0 Å². The molecule has 0 N–H and O–H groups in total. The molecule has 0 spiro atoms. The van der Waals surface area contributed by atoms with E-state index in [2.05, 4.69) is 38.8 Å². The third kappa shape index (κ3) is 2.50. The molecule has 1 aromatic rings. The van der Waals surface area contributed by atoms with Gasteiger partial charge in [-0.15, -0.1) is 11.6 Å². The highest BCUT2D eigenvalue weighted by Crippen LogP contribution is 2.24. The van der Waals surface area contributed by atoms with Crippen LogP contribution >= 0.6 is 27.5 Å². The van der Waals surface area contributed by atoms with E-state index in [1.165, 1.54) is 0 Å². The number of hydrogen-bond donors (Lipinski definition) is 0. The minimum absolute atomic E-state index is 0.225. The fraction of sp³-hybridized carbons (Fsp3) is 0.545. The molecular formula is C11H14BrClN2O. The summed E-state index contributed by atoms with van der Waals surface area (Å²) in [7, 11) is 0. The SMILES string of the molecule is Cc1cc(Br)cnc1N1CCOCC1CCl. The first-order valence-electron chi connectivity index (χ1n) is 5.25. The average Bonchev–Trinajstić information content (AvgIpc) is 2.29. The molecule has 3 nitrogen and oxygen atoms in total. The summed E-state index contributed by atoms with van der Waals surface area (Å²) in [5.74, 6) is 1.58. The quantitative estimate of drug-likeness (QED) is 0.785. The monoisotopic (exact) mass is 304 g/mol. The lowest BCUT2D eigenvalue weighted by Crippen LogP contribution is -2.47. The lowest BCUT2D eigenvalue weighted by atomic mass is 10.2. The molecule has 1 aromatic heterocycles. The zero-order chi connectivity index (χ0) is 11.5. The summed E-state index contributed by atoms with van der Waals surface area (Å²) < 4.78 is 6.43. The van der Waals surface area contributed by atoms with Crippen molar-refractivity contribution in [2.45, 2.75) is 13.0 Å². The molecule has 1 saturated heterocycles. The first kappa shape index (κ1) is 12.1.